The molecule has 3 N–H and O–H groups in total. The molecule has 1 rings (SSSR count). The zero-order chi connectivity index (χ0) is 14.5. The average Bonchev–Trinajstić information content (AvgIpc) is 2.44. The lowest BCUT2D eigenvalue weighted by Crippen LogP contribution is -2.35. The fraction of sp³-hybridized carbons (Fsp3) is 0.538. The van der Waals surface area contributed by atoms with Crippen LogP contribution in [0.15, 0.2) is 18.2 Å². The monoisotopic (exact) mass is 267 g/mol. The Bertz CT molecular complexity index is 445. The van der Waals surface area contributed by atoms with E-state index in [1.807, 2.05) is 13.8 Å². The van der Waals surface area contributed by atoms with Crippen LogP contribution < -0.4 is 10.6 Å². The second-order valence-electron chi connectivity index (χ2n) is 4.56. The Morgan fingerprint density at radius 2 is 1.84 bits per heavy atom. The number of hydrogen-bond acceptors (Lipinski definition) is 5. The second-order valence-corrected chi connectivity index (χ2v) is 4.56. The third-order valence-electron chi connectivity index (χ3n) is 3.36. The topological polar surface area (TPSA) is 87.4 Å². The minimum Gasteiger partial charge on any atom is -0.388 e. The molecule has 0 aliphatic heterocycles. The fourth-order valence-corrected chi connectivity index (χ4v) is 1.73. The largest absolute Gasteiger partial charge is 0.388 e. The summed E-state index contributed by atoms with van der Waals surface area (Å²) in [6, 6.07) is 4.71. The molecule has 19 heavy (non-hydrogen) atoms. The maximum absolute atomic E-state index is 10.8. The zero-order valence-corrected chi connectivity index (χ0v) is 11.6. The molecule has 0 aliphatic carbocycles. The first kappa shape index (κ1) is 15.2. The van der Waals surface area contributed by atoms with Crippen LogP contribution in [0.1, 0.15) is 26.7 Å². The average molecular weight is 267 g/mol. The molecule has 0 unspecified atom stereocenters. The van der Waals surface area contributed by atoms with Gasteiger partial charge in [0, 0.05) is 37.1 Å². The molecule has 0 radical (unpaired) electrons. The molecular weight excluding hydrogens is 246 g/mol. The van der Waals surface area contributed by atoms with Crippen molar-refractivity contribution in [1.29, 1.82) is 0 Å². The van der Waals surface area contributed by atoms with Crippen LogP contribution in [0.2, 0.25) is 0 Å². The normalized spacial score (nSPS) is 11.2. The molecule has 0 amide bonds. The summed E-state index contributed by atoms with van der Waals surface area (Å²) in [7, 11) is 1.71. The first-order valence-corrected chi connectivity index (χ1v) is 6.37. The van der Waals surface area contributed by atoms with Gasteiger partial charge in [-0.05, 0) is 18.9 Å². The molecule has 0 heterocycles. The molecule has 0 bridgehead atoms. The fourth-order valence-electron chi connectivity index (χ4n) is 1.73. The Morgan fingerprint density at radius 3 is 2.32 bits per heavy atom. The lowest BCUT2D eigenvalue weighted by Gasteiger charge is -2.26. The number of hydrogen-bond donors (Lipinski definition) is 3. The van der Waals surface area contributed by atoms with E-state index < -0.39 is 10.5 Å². The Hall–Kier alpha value is -1.82. The summed E-state index contributed by atoms with van der Waals surface area (Å²) in [5.74, 6) is 0. The Morgan fingerprint density at radius 1 is 1.26 bits per heavy atom. The van der Waals surface area contributed by atoms with E-state index in [-0.39, 0.29) is 5.69 Å². The molecular formula is C13H21N3O3. The van der Waals surface area contributed by atoms with Crippen molar-refractivity contribution in [3.8, 4) is 0 Å². The van der Waals surface area contributed by atoms with Crippen LogP contribution in [0.4, 0.5) is 17.1 Å². The highest BCUT2D eigenvalue weighted by Crippen LogP contribution is 2.25. The number of anilines is 2. The van der Waals surface area contributed by atoms with Crippen LogP contribution in [0.25, 0.3) is 0 Å². The summed E-state index contributed by atoms with van der Waals surface area (Å²) in [5, 5.41) is 27.0. The van der Waals surface area contributed by atoms with E-state index in [0.29, 0.717) is 30.8 Å². The van der Waals surface area contributed by atoms with Gasteiger partial charge in [0.25, 0.3) is 5.69 Å². The molecule has 0 atom stereocenters. The van der Waals surface area contributed by atoms with Gasteiger partial charge in [0.2, 0.25) is 0 Å². The van der Waals surface area contributed by atoms with Crippen molar-refractivity contribution < 1.29 is 10.0 Å². The molecule has 1 aromatic rings. The smallest absolute Gasteiger partial charge is 0.273 e. The minimum atomic E-state index is -0.787. The van der Waals surface area contributed by atoms with E-state index in [0.717, 1.165) is 0 Å². The number of nitro benzene ring substituents is 1. The van der Waals surface area contributed by atoms with Crippen LogP contribution in [-0.4, -0.2) is 29.2 Å². The van der Waals surface area contributed by atoms with Gasteiger partial charge in [0.05, 0.1) is 10.5 Å². The van der Waals surface area contributed by atoms with Crippen molar-refractivity contribution in [3.63, 3.8) is 0 Å². The molecule has 0 aliphatic rings. The Labute approximate surface area is 113 Å². The van der Waals surface area contributed by atoms with Gasteiger partial charge < -0.3 is 15.7 Å². The number of nitro groups is 1. The predicted molar refractivity (Wildman–Crippen MR) is 76.7 cm³/mol. The quantitative estimate of drug-likeness (QED) is 0.522. The van der Waals surface area contributed by atoms with Gasteiger partial charge in [-0.2, -0.15) is 0 Å². The number of rotatable bonds is 7. The molecule has 106 valence electrons. The number of non-ortho nitro benzene ring substituents is 1. The van der Waals surface area contributed by atoms with Gasteiger partial charge in [-0.25, -0.2) is 0 Å². The molecule has 0 fully saturated rings. The van der Waals surface area contributed by atoms with Gasteiger partial charge in [0.15, 0.2) is 0 Å². The first-order chi connectivity index (χ1) is 8.94. The number of nitrogens with one attached hydrogen (secondary N) is 2. The number of nitrogens with zero attached hydrogens (tertiary/aromatic N) is 1. The van der Waals surface area contributed by atoms with E-state index in [9.17, 15) is 15.2 Å². The van der Waals surface area contributed by atoms with E-state index in [1.54, 1.807) is 13.1 Å². The number of aliphatic hydroxyl groups is 1. The van der Waals surface area contributed by atoms with Gasteiger partial charge >= 0.3 is 0 Å². The molecule has 6 heteroatoms. The second kappa shape index (κ2) is 6.38. The van der Waals surface area contributed by atoms with Crippen molar-refractivity contribution in [2.24, 2.45) is 0 Å². The maximum Gasteiger partial charge on any atom is 0.273 e. The van der Waals surface area contributed by atoms with Crippen molar-refractivity contribution in [3.05, 3.63) is 28.3 Å². The zero-order valence-electron chi connectivity index (χ0n) is 11.6. The van der Waals surface area contributed by atoms with E-state index in [1.165, 1.54) is 12.1 Å². The maximum atomic E-state index is 10.8. The summed E-state index contributed by atoms with van der Waals surface area (Å²) in [6.45, 7) is 4.19. The van der Waals surface area contributed by atoms with Crippen LogP contribution >= 0.6 is 0 Å². The SMILES string of the molecule is CCC(O)(CC)CNc1cc(NC)cc([N+](=O)[O-])c1. The van der Waals surface area contributed by atoms with Gasteiger partial charge in [-0.15, -0.1) is 0 Å². The minimum absolute atomic E-state index is 0.0193. The lowest BCUT2D eigenvalue weighted by atomic mass is 9.97. The van der Waals surface area contributed by atoms with Crippen molar-refractivity contribution in [2.45, 2.75) is 32.3 Å². The first-order valence-electron chi connectivity index (χ1n) is 6.37. The molecule has 1 aromatic carbocycles. The molecule has 6 nitrogen and oxygen atoms in total. The highest BCUT2D eigenvalue weighted by atomic mass is 16.6. The summed E-state index contributed by atoms with van der Waals surface area (Å²) in [4.78, 5) is 10.4. The van der Waals surface area contributed by atoms with Crippen LogP contribution in [0.5, 0.6) is 0 Å². The van der Waals surface area contributed by atoms with E-state index in [2.05, 4.69) is 10.6 Å². The van der Waals surface area contributed by atoms with Crippen LogP contribution in [0.3, 0.4) is 0 Å². The molecule has 0 spiro atoms. The molecule has 0 saturated carbocycles. The summed E-state index contributed by atoms with van der Waals surface area (Å²) in [6.07, 6.45) is 1.26. The molecule has 0 saturated heterocycles. The third kappa shape index (κ3) is 4.10. The van der Waals surface area contributed by atoms with Crippen LogP contribution in [-0.2, 0) is 0 Å². The number of benzene rings is 1. The van der Waals surface area contributed by atoms with Crippen molar-refractivity contribution in [1.82, 2.24) is 0 Å². The van der Waals surface area contributed by atoms with Gasteiger partial charge in [0.1, 0.15) is 0 Å². The van der Waals surface area contributed by atoms with Crippen molar-refractivity contribution in [2.75, 3.05) is 24.2 Å². The highest BCUT2D eigenvalue weighted by molar-refractivity contribution is 5.63. The Kier molecular flexibility index (Phi) is 5.11. The Balaban J connectivity index is 2.89. The standard InChI is InChI=1S/C13H21N3O3/c1-4-13(17,5-2)9-15-11-6-10(14-3)7-12(8-11)16(18)19/h6-8,14-15,17H,4-5,9H2,1-3H3. The van der Waals surface area contributed by atoms with Gasteiger partial charge in [-0.1, -0.05) is 13.8 Å². The van der Waals surface area contributed by atoms with Gasteiger partial charge in [-0.3, -0.25) is 10.1 Å². The van der Waals surface area contributed by atoms with E-state index >= 15 is 0 Å². The summed E-state index contributed by atoms with van der Waals surface area (Å²) in [5.41, 5.74) is 0.516. The predicted octanol–water partition coefficient (Wildman–Crippen LogP) is 2.60. The van der Waals surface area contributed by atoms with Crippen LogP contribution in [0, 0.1) is 10.1 Å². The lowest BCUT2D eigenvalue weighted by molar-refractivity contribution is -0.384. The van der Waals surface area contributed by atoms with Crippen molar-refractivity contribution >= 4 is 17.1 Å². The van der Waals surface area contributed by atoms with E-state index in [4.69, 9.17) is 0 Å². The molecule has 0 aromatic heterocycles. The highest BCUT2D eigenvalue weighted by Gasteiger charge is 2.22. The summed E-state index contributed by atoms with van der Waals surface area (Å²) >= 11 is 0. The summed E-state index contributed by atoms with van der Waals surface area (Å²) < 4.78 is 0. The third-order valence-corrected chi connectivity index (χ3v) is 3.36.